The minimum atomic E-state index is -0.0312. The van der Waals surface area contributed by atoms with Crippen LogP contribution in [0.25, 0.3) is 0 Å². The Hall–Kier alpha value is -2.84. The van der Waals surface area contributed by atoms with E-state index < -0.39 is 0 Å². The molecule has 1 aliphatic heterocycles. The summed E-state index contributed by atoms with van der Waals surface area (Å²) in [7, 11) is 0. The summed E-state index contributed by atoms with van der Waals surface area (Å²) in [4.78, 5) is 28.5. The number of carbonyl (C=O) groups excluding carboxylic acids is 2. The molecule has 0 atom stereocenters. The van der Waals surface area contributed by atoms with E-state index in [0.29, 0.717) is 55.2 Å². The third-order valence-corrected chi connectivity index (χ3v) is 4.97. The number of piperazine rings is 1. The third-order valence-electron chi connectivity index (χ3n) is 4.72. The Labute approximate surface area is 163 Å². The minimum absolute atomic E-state index is 0.0312. The van der Waals surface area contributed by atoms with Crippen LogP contribution in [0.4, 0.5) is 0 Å². The van der Waals surface area contributed by atoms with Gasteiger partial charge < -0.3 is 9.80 Å². The van der Waals surface area contributed by atoms with Crippen molar-refractivity contribution in [2.24, 2.45) is 0 Å². The van der Waals surface area contributed by atoms with Gasteiger partial charge in [0.25, 0.3) is 5.91 Å². The van der Waals surface area contributed by atoms with Crippen LogP contribution < -0.4 is 0 Å². The van der Waals surface area contributed by atoms with Crippen LogP contribution in [0.1, 0.15) is 27.9 Å². The number of nitrogens with zero attached hydrogens (tertiary/aromatic N) is 3. The topological polar surface area (TPSA) is 64.4 Å². The molecule has 0 aromatic heterocycles. The second-order valence-corrected chi connectivity index (χ2v) is 6.93. The Morgan fingerprint density at radius 3 is 2.11 bits per heavy atom. The first kappa shape index (κ1) is 18.9. The van der Waals surface area contributed by atoms with Crippen LogP contribution >= 0.6 is 11.6 Å². The molecule has 27 heavy (non-hydrogen) atoms. The van der Waals surface area contributed by atoms with Crippen molar-refractivity contribution in [3.63, 3.8) is 0 Å². The first-order valence-electron chi connectivity index (χ1n) is 8.88. The fraction of sp³-hybridized carbons (Fsp3) is 0.286. The van der Waals surface area contributed by atoms with Crippen LogP contribution in [-0.4, -0.2) is 47.8 Å². The van der Waals surface area contributed by atoms with Gasteiger partial charge in [0.15, 0.2) is 0 Å². The van der Waals surface area contributed by atoms with Gasteiger partial charge in [-0.2, -0.15) is 5.26 Å². The van der Waals surface area contributed by atoms with E-state index in [1.165, 1.54) is 0 Å². The van der Waals surface area contributed by atoms with E-state index in [1.807, 2.05) is 17.0 Å². The maximum Gasteiger partial charge on any atom is 0.253 e. The number of carbonyl (C=O) groups is 2. The molecule has 0 aliphatic carbocycles. The van der Waals surface area contributed by atoms with E-state index in [0.717, 1.165) is 5.56 Å². The number of benzene rings is 2. The van der Waals surface area contributed by atoms with Gasteiger partial charge >= 0.3 is 0 Å². The molecule has 1 heterocycles. The van der Waals surface area contributed by atoms with Crippen molar-refractivity contribution >= 4 is 23.4 Å². The van der Waals surface area contributed by atoms with E-state index >= 15 is 0 Å². The summed E-state index contributed by atoms with van der Waals surface area (Å²) in [5.74, 6) is 0.0642. The van der Waals surface area contributed by atoms with Gasteiger partial charge in [-0.15, -0.1) is 0 Å². The molecule has 3 rings (SSSR count). The quantitative estimate of drug-likeness (QED) is 0.817. The van der Waals surface area contributed by atoms with Crippen LogP contribution in [0.5, 0.6) is 0 Å². The fourth-order valence-electron chi connectivity index (χ4n) is 3.09. The van der Waals surface area contributed by atoms with Crippen molar-refractivity contribution in [2.75, 3.05) is 26.2 Å². The second kappa shape index (κ2) is 8.70. The van der Waals surface area contributed by atoms with Gasteiger partial charge in [0.1, 0.15) is 0 Å². The number of halogens is 1. The summed E-state index contributed by atoms with van der Waals surface area (Å²) in [6, 6.07) is 16.2. The normalized spacial score (nSPS) is 13.9. The number of nitriles is 1. The molecule has 0 bridgehead atoms. The molecule has 0 saturated carbocycles. The zero-order valence-corrected chi connectivity index (χ0v) is 15.7. The molecule has 138 valence electrons. The number of rotatable bonds is 4. The largest absolute Gasteiger partial charge is 0.339 e. The lowest BCUT2D eigenvalue weighted by molar-refractivity contribution is -0.132. The number of hydrogen-bond acceptors (Lipinski definition) is 3. The molecule has 1 saturated heterocycles. The third kappa shape index (κ3) is 4.87. The average molecular weight is 382 g/mol. The number of amides is 2. The molecular weight excluding hydrogens is 362 g/mol. The maximum atomic E-state index is 12.5. The standard InChI is InChI=1S/C21H20ClN3O2/c22-19-8-6-18(7-9-19)21(27)25-13-11-24(12-14-25)20(26)10-5-16-1-3-17(15-23)4-2-16/h1-4,6-9H,5,10-14H2. The molecule has 2 aromatic rings. The van der Waals surface area contributed by atoms with E-state index in [2.05, 4.69) is 6.07 Å². The average Bonchev–Trinajstić information content (AvgIpc) is 2.72. The van der Waals surface area contributed by atoms with Crippen molar-refractivity contribution in [1.29, 1.82) is 5.26 Å². The van der Waals surface area contributed by atoms with Gasteiger partial charge in [-0.1, -0.05) is 23.7 Å². The van der Waals surface area contributed by atoms with Crippen molar-refractivity contribution in [1.82, 2.24) is 9.80 Å². The maximum absolute atomic E-state index is 12.5. The minimum Gasteiger partial charge on any atom is -0.339 e. The van der Waals surface area contributed by atoms with Gasteiger partial charge in [0, 0.05) is 43.2 Å². The molecule has 1 fully saturated rings. The summed E-state index contributed by atoms with van der Waals surface area (Å²) in [5.41, 5.74) is 2.27. The zero-order chi connectivity index (χ0) is 19.2. The molecular formula is C21H20ClN3O2. The second-order valence-electron chi connectivity index (χ2n) is 6.49. The molecule has 0 N–H and O–H groups in total. The summed E-state index contributed by atoms with van der Waals surface area (Å²) in [6.07, 6.45) is 1.07. The molecule has 2 aromatic carbocycles. The first-order valence-corrected chi connectivity index (χ1v) is 9.26. The lowest BCUT2D eigenvalue weighted by Crippen LogP contribution is -2.50. The van der Waals surface area contributed by atoms with Crippen molar-refractivity contribution in [2.45, 2.75) is 12.8 Å². The SMILES string of the molecule is N#Cc1ccc(CCC(=O)N2CCN(C(=O)c3ccc(Cl)cc3)CC2)cc1. The van der Waals surface area contributed by atoms with E-state index in [1.54, 1.807) is 41.3 Å². The molecule has 0 unspecified atom stereocenters. The summed E-state index contributed by atoms with van der Waals surface area (Å²) in [6.45, 7) is 2.16. The molecule has 1 aliphatic rings. The Bertz CT molecular complexity index is 848. The van der Waals surface area contributed by atoms with E-state index in [-0.39, 0.29) is 11.8 Å². The van der Waals surface area contributed by atoms with Crippen LogP contribution in [0.15, 0.2) is 48.5 Å². The van der Waals surface area contributed by atoms with Gasteiger partial charge in [-0.05, 0) is 48.4 Å². The van der Waals surface area contributed by atoms with E-state index in [9.17, 15) is 9.59 Å². The Balaban J connectivity index is 1.48. The Morgan fingerprint density at radius 1 is 0.926 bits per heavy atom. The highest BCUT2D eigenvalue weighted by Gasteiger charge is 2.24. The lowest BCUT2D eigenvalue weighted by Gasteiger charge is -2.35. The highest BCUT2D eigenvalue weighted by atomic mass is 35.5. The number of aryl methyl sites for hydroxylation is 1. The molecule has 2 amide bonds. The highest BCUT2D eigenvalue weighted by Crippen LogP contribution is 2.14. The van der Waals surface area contributed by atoms with Crippen molar-refractivity contribution < 1.29 is 9.59 Å². The van der Waals surface area contributed by atoms with Crippen LogP contribution in [-0.2, 0) is 11.2 Å². The zero-order valence-electron chi connectivity index (χ0n) is 14.9. The summed E-state index contributed by atoms with van der Waals surface area (Å²) in [5, 5.41) is 9.42. The molecule has 0 spiro atoms. The van der Waals surface area contributed by atoms with Crippen LogP contribution in [0, 0.1) is 11.3 Å². The van der Waals surface area contributed by atoms with Gasteiger partial charge in [0.05, 0.1) is 11.6 Å². The number of hydrogen-bond donors (Lipinski definition) is 0. The van der Waals surface area contributed by atoms with E-state index in [4.69, 9.17) is 16.9 Å². The van der Waals surface area contributed by atoms with Crippen LogP contribution in [0.2, 0.25) is 5.02 Å². The van der Waals surface area contributed by atoms with Gasteiger partial charge in [-0.3, -0.25) is 9.59 Å². The lowest BCUT2D eigenvalue weighted by atomic mass is 10.1. The molecule has 5 nitrogen and oxygen atoms in total. The monoisotopic (exact) mass is 381 g/mol. The van der Waals surface area contributed by atoms with Crippen molar-refractivity contribution in [3.05, 3.63) is 70.2 Å². The predicted molar refractivity (Wildman–Crippen MR) is 103 cm³/mol. The molecule has 0 radical (unpaired) electrons. The predicted octanol–water partition coefficient (Wildman–Crippen LogP) is 3.13. The Morgan fingerprint density at radius 2 is 1.52 bits per heavy atom. The van der Waals surface area contributed by atoms with Gasteiger partial charge in [-0.25, -0.2) is 0 Å². The first-order chi connectivity index (χ1) is 13.1. The summed E-state index contributed by atoms with van der Waals surface area (Å²) >= 11 is 5.86. The van der Waals surface area contributed by atoms with Crippen molar-refractivity contribution in [3.8, 4) is 6.07 Å². The van der Waals surface area contributed by atoms with Crippen LogP contribution in [0.3, 0.4) is 0 Å². The smallest absolute Gasteiger partial charge is 0.253 e. The fourth-order valence-corrected chi connectivity index (χ4v) is 3.22. The summed E-state index contributed by atoms with van der Waals surface area (Å²) < 4.78 is 0. The van der Waals surface area contributed by atoms with Gasteiger partial charge in [0.2, 0.25) is 5.91 Å². The highest BCUT2D eigenvalue weighted by molar-refractivity contribution is 6.30. The molecule has 6 heteroatoms. The Kier molecular flexibility index (Phi) is 6.10.